The molecule has 3 N–H and O–H groups in total. The van der Waals surface area contributed by atoms with E-state index in [0.717, 1.165) is 18.2 Å². The Labute approximate surface area is 202 Å². The Bertz CT molecular complexity index is 952. The van der Waals surface area contributed by atoms with Crippen LogP contribution >= 0.6 is 39.0 Å². The first-order chi connectivity index (χ1) is 15.5. The highest BCUT2D eigenvalue weighted by atomic mass is 79.9. The first-order valence-corrected chi connectivity index (χ1v) is 13.0. The van der Waals surface area contributed by atoms with Gasteiger partial charge in [0.25, 0.3) is 17.7 Å². The van der Waals surface area contributed by atoms with Crippen LogP contribution in [0.2, 0.25) is 0 Å². The Morgan fingerprint density at radius 1 is 1.22 bits per heavy atom. The molecule has 9 nitrogen and oxygen atoms in total. The number of thioether (sulfide) groups is 1. The van der Waals surface area contributed by atoms with Crippen LogP contribution in [0.3, 0.4) is 0 Å². The zero-order valence-electron chi connectivity index (χ0n) is 17.4. The lowest BCUT2D eigenvalue weighted by molar-refractivity contribution is -0.123. The summed E-state index contributed by atoms with van der Waals surface area (Å²) in [6, 6.07) is 6.17. The van der Waals surface area contributed by atoms with Crippen molar-refractivity contribution in [1.29, 1.82) is 0 Å². The van der Waals surface area contributed by atoms with Crippen molar-refractivity contribution >= 4 is 61.9 Å². The minimum atomic E-state index is -0.804. The van der Waals surface area contributed by atoms with Gasteiger partial charge in [-0.25, -0.2) is 4.98 Å². The van der Waals surface area contributed by atoms with Gasteiger partial charge in [-0.3, -0.25) is 25.2 Å². The number of aromatic nitrogens is 1. The largest absolute Gasteiger partial charge is 0.378 e. The molecule has 3 rings (SSSR count). The molecule has 0 aliphatic carbocycles. The van der Waals surface area contributed by atoms with Gasteiger partial charge in [0.2, 0.25) is 0 Å². The molecule has 0 radical (unpaired) electrons. The van der Waals surface area contributed by atoms with Crippen LogP contribution in [0.5, 0.6) is 0 Å². The number of carbonyl (C=O) groups excluding carboxylic acids is 3. The highest BCUT2D eigenvalue weighted by Crippen LogP contribution is 2.21. The number of morpholine rings is 1. The van der Waals surface area contributed by atoms with Gasteiger partial charge in [0.05, 0.1) is 18.8 Å². The van der Waals surface area contributed by atoms with Crippen LogP contribution in [0.25, 0.3) is 0 Å². The quantitative estimate of drug-likeness (QED) is 0.438. The zero-order valence-corrected chi connectivity index (χ0v) is 20.6. The molecule has 0 spiro atoms. The third-order valence-corrected chi connectivity index (χ3v) is 6.89. The van der Waals surface area contributed by atoms with E-state index in [4.69, 9.17) is 4.74 Å². The van der Waals surface area contributed by atoms with Crippen molar-refractivity contribution in [3.63, 3.8) is 0 Å². The molecule has 1 fully saturated rings. The Morgan fingerprint density at radius 2 is 1.97 bits per heavy atom. The second-order valence-corrected chi connectivity index (χ2v) is 9.52. The summed E-state index contributed by atoms with van der Waals surface area (Å²) in [5, 5.41) is 5.13. The number of carbonyl (C=O) groups is 3. The first kappa shape index (κ1) is 24.5. The smallest absolute Gasteiger partial charge is 0.289 e. The summed E-state index contributed by atoms with van der Waals surface area (Å²) in [6.07, 6.45) is 2.33. The predicted octanol–water partition coefficient (Wildman–Crippen LogP) is 2.05. The number of nitrogens with one attached hydrogen (secondary N) is 3. The standard InChI is InChI=1S/C20H24BrN5O4S2/c1-31-11-6-15(22-17(27)13-4-2-3-5-14(13)21)18(28)24-25-19(29)16-12-32-20(23-16)26-7-9-30-10-8-26/h2-5,12,15H,6-11H2,1H3,(H,22,27)(H,24,28)(H,25,29)/t15-/m0/s1. The number of rotatable bonds is 8. The van der Waals surface area contributed by atoms with E-state index in [1.807, 2.05) is 6.26 Å². The highest BCUT2D eigenvalue weighted by molar-refractivity contribution is 9.10. The lowest BCUT2D eigenvalue weighted by Crippen LogP contribution is -2.52. The minimum absolute atomic E-state index is 0.217. The second-order valence-electron chi connectivity index (χ2n) is 6.85. The predicted molar refractivity (Wildman–Crippen MR) is 129 cm³/mol. The van der Waals surface area contributed by atoms with Crippen molar-refractivity contribution in [2.75, 3.05) is 43.2 Å². The number of hydrogen-bond donors (Lipinski definition) is 3. The van der Waals surface area contributed by atoms with Gasteiger partial charge < -0.3 is 15.0 Å². The monoisotopic (exact) mass is 541 g/mol. The van der Waals surface area contributed by atoms with Crippen LogP contribution in [0.4, 0.5) is 5.13 Å². The maximum Gasteiger partial charge on any atom is 0.289 e. The van der Waals surface area contributed by atoms with Gasteiger partial charge in [0.1, 0.15) is 11.7 Å². The van der Waals surface area contributed by atoms with Crippen LogP contribution in [0, 0.1) is 0 Å². The van der Waals surface area contributed by atoms with Crippen molar-refractivity contribution in [3.05, 3.63) is 45.4 Å². The van der Waals surface area contributed by atoms with Crippen LogP contribution in [0.1, 0.15) is 27.3 Å². The van der Waals surface area contributed by atoms with E-state index >= 15 is 0 Å². The number of ether oxygens (including phenoxy) is 1. The van der Waals surface area contributed by atoms with Crippen molar-refractivity contribution in [2.45, 2.75) is 12.5 Å². The molecule has 172 valence electrons. The number of halogens is 1. The van der Waals surface area contributed by atoms with Crippen LogP contribution in [0.15, 0.2) is 34.1 Å². The summed E-state index contributed by atoms with van der Waals surface area (Å²) < 4.78 is 5.96. The molecule has 1 atom stereocenters. The maximum atomic E-state index is 12.7. The summed E-state index contributed by atoms with van der Waals surface area (Å²) in [6.45, 7) is 2.69. The molecule has 2 heterocycles. The fourth-order valence-electron chi connectivity index (χ4n) is 2.92. The third-order valence-electron chi connectivity index (χ3n) is 4.66. The summed E-state index contributed by atoms with van der Waals surface area (Å²) in [4.78, 5) is 44.2. The molecule has 1 aliphatic heterocycles. The van der Waals surface area contributed by atoms with E-state index in [1.165, 1.54) is 11.3 Å². The van der Waals surface area contributed by atoms with Crippen LogP contribution < -0.4 is 21.1 Å². The number of nitrogens with zero attached hydrogens (tertiary/aromatic N) is 2. The van der Waals surface area contributed by atoms with E-state index < -0.39 is 17.9 Å². The molecule has 32 heavy (non-hydrogen) atoms. The second kappa shape index (κ2) is 12.2. The fraction of sp³-hybridized carbons (Fsp3) is 0.400. The number of hydrogen-bond acceptors (Lipinski definition) is 8. The summed E-state index contributed by atoms with van der Waals surface area (Å²) in [7, 11) is 0. The molecule has 0 saturated carbocycles. The van der Waals surface area contributed by atoms with Crippen molar-refractivity contribution < 1.29 is 19.1 Å². The number of hydrazine groups is 1. The Balaban J connectivity index is 1.57. The fourth-order valence-corrected chi connectivity index (χ4v) is 4.72. The van der Waals surface area contributed by atoms with Crippen molar-refractivity contribution in [1.82, 2.24) is 21.2 Å². The van der Waals surface area contributed by atoms with Gasteiger partial charge >= 0.3 is 0 Å². The zero-order chi connectivity index (χ0) is 22.9. The Hall–Kier alpha value is -2.15. The van der Waals surface area contributed by atoms with E-state index in [9.17, 15) is 14.4 Å². The molecule has 1 aromatic heterocycles. The molecule has 2 aromatic rings. The van der Waals surface area contributed by atoms with Gasteiger partial charge in [0.15, 0.2) is 5.13 Å². The van der Waals surface area contributed by atoms with Crippen molar-refractivity contribution in [2.24, 2.45) is 0 Å². The molecule has 1 aliphatic rings. The SMILES string of the molecule is CSCC[C@H](NC(=O)c1ccccc1Br)C(=O)NNC(=O)c1csc(N2CCOCC2)n1. The number of thiazole rings is 1. The molecule has 12 heteroatoms. The van der Waals surface area contributed by atoms with Gasteiger partial charge in [0, 0.05) is 22.9 Å². The van der Waals surface area contributed by atoms with Crippen LogP contribution in [-0.4, -0.2) is 67.1 Å². The Morgan fingerprint density at radius 3 is 2.69 bits per heavy atom. The van der Waals surface area contributed by atoms with Gasteiger partial charge in [-0.15, -0.1) is 11.3 Å². The maximum absolute atomic E-state index is 12.7. The van der Waals surface area contributed by atoms with E-state index in [0.29, 0.717) is 35.4 Å². The lowest BCUT2D eigenvalue weighted by Gasteiger charge is -2.25. The molecule has 1 saturated heterocycles. The normalized spacial score (nSPS) is 14.5. The summed E-state index contributed by atoms with van der Waals surface area (Å²) in [5.41, 5.74) is 5.44. The molecule has 0 bridgehead atoms. The molecular formula is C20H24BrN5O4S2. The average molecular weight is 542 g/mol. The van der Waals surface area contributed by atoms with Gasteiger partial charge in [-0.1, -0.05) is 12.1 Å². The molecule has 1 aromatic carbocycles. The van der Waals surface area contributed by atoms with Crippen molar-refractivity contribution in [3.8, 4) is 0 Å². The molecular weight excluding hydrogens is 518 g/mol. The van der Waals surface area contributed by atoms with E-state index in [-0.39, 0.29) is 11.6 Å². The first-order valence-electron chi connectivity index (χ1n) is 9.92. The van der Waals surface area contributed by atoms with E-state index in [1.54, 1.807) is 41.4 Å². The Kier molecular flexibility index (Phi) is 9.33. The lowest BCUT2D eigenvalue weighted by atomic mass is 10.1. The molecule has 3 amide bonds. The number of anilines is 1. The third kappa shape index (κ3) is 6.67. The topological polar surface area (TPSA) is 113 Å². The number of benzene rings is 1. The number of amides is 3. The summed E-state index contributed by atoms with van der Waals surface area (Å²) >= 11 is 6.27. The van der Waals surface area contributed by atoms with Gasteiger partial charge in [-0.2, -0.15) is 11.8 Å². The van der Waals surface area contributed by atoms with Crippen LogP contribution in [-0.2, 0) is 9.53 Å². The minimum Gasteiger partial charge on any atom is -0.378 e. The highest BCUT2D eigenvalue weighted by Gasteiger charge is 2.23. The van der Waals surface area contributed by atoms with E-state index in [2.05, 4.69) is 42.0 Å². The summed E-state index contributed by atoms with van der Waals surface area (Å²) in [5.74, 6) is -0.733. The molecule has 0 unspecified atom stereocenters. The average Bonchev–Trinajstić information content (AvgIpc) is 3.31. The van der Waals surface area contributed by atoms with Gasteiger partial charge in [-0.05, 0) is 46.5 Å².